The molecule has 0 atom stereocenters. The van der Waals surface area contributed by atoms with Crippen LogP contribution >= 0.6 is 11.6 Å². The van der Waals surface area contributed by atoms with Gasteiger partial charge in [-0.15, -0.1) is 0 Å². The van der Waals surface area contributed by atoms with E-state index < -0.39 is 36.4 Å². The van der Waals surface area contributed by atoms with Crippen molar-refractivity contribution in [2.45, 2.75) is 18.5 Å². The average molecular weight is 733 g/mol. The Morgan fingerprint density at radius 1 is 0.714 bits per heavy atom. The Morgan fingerprint density at radius 3 is 1.65 bits per heavy atom. The number of rotatable bonds is 3. The molecule has 1 saturated heterocycles. The van der Waals surface area contributed by atoms with Gasteiger partial charge in [-0.05, 0) is 35.4 Å². The number of carbonyl (C=O) groups is 3. The molecule has 0 saturated carbocycles. The molecule has 4 aromatic rings. The van der Waals surface area contributed by atoms with Gasteiger partial charge in [0.05, 0.1) is 6.20 Å². The fourth-order valence-corrected chi connectivity index (χ4v) is 3.76. The number of hydrogen-bond donors (Lipinski definition) is 4. The molecule has 12 nitrogen and oxygen atoms in total. The first-order chi connectivity index (χ1) is 22.6. The molecular weight excluding hydrogens is 711 g/mol. The van der Waals surface area contributed by atoms with Gasteiger partial charge < -0.3 is 25.5 Å². The summed E-state index contributed by atoms with van der Waals surface area (Å²) in [6, 6.07) is 12.4. The van der Waals surface area contributed by atoms with Crippen LogP contribution in [0.15, 0.2) is 61.2 Å². The fraction of sp³-hybridized carbons (Fsp3) is 0.259. The quantitative estimate of drug-likeness (QED) is 0.157. The number of halogens is 10. The van der Waals surface area contributed by atoms with Crippen LogP contribution in [0.4, 0.5) is 45.2 Å². The van der Waals surface area contributed by atoms with Gasteiger partial charge in [-0.25, -0.2) is 28.9 Å². The van der Waals surface area contributed by atoms with Crippen LogP contribution in [-0.4, -0.2) is 97.5 Å². The first-order valence-corrected chi connectivity index (χ1v) is 13.4. The summed E-state index contributed by atoms with van der Waals surface area (Å²) in [7, 11) is 0. The topological polar surface area (TPSA) is 170 Å². The second-order valence-electron chi connectivity index (χ2n) is 9.23. The third-order valence-corrected chi connectivity index (χ3v) is 6.01. The van der Waals surface area contributed by atoms with Crippen molar-refractivity contribution in [3.63, 3.8) is 0 Å². The van der Waals surface area contributed by atoms with Crippen molar-refractivity contribution in [2.24, 2.45) is 0 Å². The van der Waals surface area contributed by atoms with Crippen LogP contribution in [0.3, 0.4) is 0 Å². The van der Waals surface area contributed by atoms with E-state index in [2.05, 4.69) is 49.5 Å². The van der Waals surface area contributed by atoms with Gasteiger partial charge in [-0.1, -0.05) is 23.7 Å². The van der Waals surface area contributed by atoms with Crippen molar-refractivity contribution in [3.8, 4) is 22.3 Å². The molecule has 22 heteroatoms. The minimum Gasteiger partial charge on any atom is -0.475 e. The van der Waals surface area contributed by atoms with E-state index >= 15 is 0 Å². The minimum atomic E-state index is -5.08. The summed E-state index contributed by atoms with van der Waals surface area (Å²) in [5.41, 5.74) is 6.10. The molecule has 1 aliphatic rings. The minimum absolute atomic E-state index is 0.457. The Bertz CT molecular complexity index is 1670. The molecule has 3 aromatic heterocycles. The number of aromatic nitrogens is 4. The molecule has 266 valence electrons. The van der Waals surface area contributed by atoms with Gasteiger partial charge in [0.25, 0.3) is 0 Å². The molecule has 0 amide bonds. The first-order valence-electron chi connectivity index (χ1n) is 13.0. The van der Waals surface area contributed by atoms with Crippen LogP contribution in [0.1, 0.15) is 0 Å². The van der Waals surface area contributed by atoms with E-state index in [1.54, 1.807) is 6.20 Å². The number of fused-ring (bicyclic) bond motifs is 1. The molecule has 0 spiro atoms. The van der Waals surface area contributed by atoms with E-state index in [1.165, 1.54) is 5.69 Å². The van der Waals surface area contributed by atoms with E-state index in [9.17, 15) is 39.5 Å². The summed E-state index contributed by atoms with van der Waals surface area (Å²) in [6.45, 7) is 4.16. The Morgan fingerprint density at radius 2 is 1.20 bits per heavy atom. The summed E-state index contributed by atoms with van der Waals surface area (Å²) in [5.74, 6) is -8.27. The Kier molecular flexibility index (Phi) is 13.7. The molecule has 0 radical (unpaired) electrons. The van der Waals surface area contributed by atoms with Crippen molar-refractivity contribution >= 4 is 40.8 Å². The van der Waals surface area contributed by atoms with Crippen LogP contribution in [-0.2, 0) is 14.4 Å². The zero-order valence-electron chi connectivity index (χ0n) is 24.2. The molecule has 4 heterocycles. The number of aliphatic carboxylic acids is 3. The lowest BCUT2D eigenvalue weighted by Gasteiger charge is -2.29. The van der Waals surface area contributed by atoms with E-state index in [1.807, 2.05) is 35.2 Å². The normalized spacial score (nSPS) is 13.1. The summed E-state index contributed by atoms with van der Waals surface area (Å²) in [5, 5.41) is 29.7. The SMILES string of the molecule is Clc1cc(-c2cnn3cc(-c4ccc(N5CCNCC5)cc4)cnc23)ccn1.O=C(O)C(F)(F)F.O=C(O)C(F)(F)F.O=C(O)C(F)(F)F. The molecule has 1 fully saturated rings. The van der Waals surface area contributed by atoms with Gasteiger partial charge in [0.2, 0.25) is 0 Å². The van der Waals surface area contributed by atoms with E-state index in [4.69, 9.17) is 41.3 Å². The number of piperazine rings is 1. The number of hydrogen-bond acceptors (Lipinski definition) is 8. The molecule has 49 heavy (non-hydrogen) atoms. The molecule has 1 aliphatic heterocycles. The molecule has 0 unspecified atom stereocenters. The van der Waals surface area contributed by atoms with Gasteiger partial charge in [0.15, 0.2) is 5.65 Å². The van der Waals surface area contributed by atoms with Gasteiger partial charge in [0, 0.05) is 61.6 Å². The summed E-state index contributed by atoms with van der Waals surface area (Å²) in [6.07, 6.45) is -7.85. The highest BCUT2D eigenvalue weighted by molar-refractivity contribution is 6.29. The zero-order valence-corrected chi connectivity index (χ0v) is 24.9. The number of pyridine rings is 1. The van der Waals surface area contributed by atoms with Crippen LogP contribution < -0.4 is 10.2 Å². The Labute approximate surface area is 273 Å². The third-order valence-electron chi connectivity index (χ3n) is 5.80. The number of anilines is 1. The van der Waals surface area contributed by atoms with Gasteiger partial charge in [-0.2, -0.15) is 44.6 Å². The van der Waals surface area contributed by atoms with Gasteiger partial charge in [-0.3, -0.25) is 0 Å². The number of nitrogens with zero attached hydrogens (tertiary/aromatic N) is 5. The fourth-order valence-electron chi connectivity index (χ4n) is 3.59. The molecule has 0 bridgehead atoms. The van der Waals surface area contributed by atoms with E-state index in [-0.39, 0.29) is 0 Å². The number of carboxylic acids is 3. The van der Waals surface area contributed by atoms with Crippen molar-refractivity contribution in [1.29, 1.82) is 0 Å². The maximum atomic E-state index is 10.6. The Hall–Kier alpha value is -5.18. The first kappa shape index (κ1) is 40.0. The van der Waals surface area contributed by atoms with Crippen molar-refractivity contribution < 1.29 is 69.2 Å². The van der Waals surface area contributed by atoms with Gasteiger partial charge >= 0.3 is 36.4 Å². The lowest BCUT2D eigenvalue weighted by molar-refractivity contribution is -0.193. The van der Waals surface area contributed by atoms with Crippen LogP contribution in [0.25, 0.3) is 27.9 Å². The van der Waals surface area contributed by atoms with E-state index in [0.29, 0.717) is 5.15 Å². The molecular formula is C27H22ClF9N6O6. The van der Waals surface area contributed by atoms with Crippen molar-refractivity contribution in [2.75, 3.05) is 31.1 Å². The highest BCUT2D eigenvalue weighted by atomic mass is 35.5. The van der Waals surface area contributed by atoms with Crippen LogP contribution in [0, 0.1) is 0 Å². The predicted molar refractivity (Wildman–Crippen MR) is 153 cm³/mol. The zero-order chi connectivity index (χ0) is 37.2. The van der Waals surface area contributed by atoms with Crippen molar-refractivity contribution in [3.05, 3.63) is 66.3 Å². The smallest absolute Gasteiger partial charge is 0.475 e. The van der Waals surface area contributed by atoms with Gasteiger partial charge in [0.1, 0.15) is 5.15 Å². The highest BCUT2D eigenvalue weighted by Crippen LogP contribution is 2.28. The average Bonchev–Trinajstić information content (AvgIpc) is 3.45. The number of nitrogens with one attached hydrogen (secondary N) is 1. The summed E-state index contributed by atoms with van der Waals surface area (Å²) >= 11 is 6.02. The Balaban J connectivity index is 0.000000325. The lowest BCUT2D eigenvalue weighted by Crippen LogP contribution is -2.43. The van der Waals surface area contributed by atoms with Crippen LogP contribution in [0.2, 0.25) is 5.15 Å². The lowest BCUT2D eigenvalue weighted by atomic mass is 10.1. The highest BCUT2D eigenvalue weighted by Gasteiger charge is 2.39. The molecule has 4 N–H and O–H groups in total. The predicted octanol–water partition coefficient (Wildman–Crippen LogP) is 5.42. The maximum absolute atomic E-state index is 10.6. The second kappa shape index (κ2) is 16.8. The third kappa shape index (κ3) is 12.7. The standard InChI is InChI=1S/C21H19ClN6.3C2HF3O2/c22-20-11-16(5-6-24-20)19-13-26-28-14-17(12-25-21(19)28)15-1-3-18(4-2-15)27-9-7-23-8-10-27;3*3-2(4,5)1(6)7/h1-6,11-14,23H,7-10H2;3*(H,6,7). The maximum Gasteiger partial charge on any atom is 0.490 e. The number of benzene rings is 1. The summed E-state index contributed by atoms with van der Waals surface area (Å²) in [4.78, 5) is 37.8. The number of carboxylic acid groups (broad SMARTS) is 3. The monoisotopic (exact) mass is 732 g/mol. The van der Waals surface area contributed by atoms with Crippen molar-refractivity contribution in [1.82, 2.24) is 24.9 Å². The molecule has 0 aliphatic carbocycles. The molecule has 1 aromatic carbocycles. The summed E-state index contributed by atoms with van der Waals surface area (Å²) < 4.78 is 97.0. The number of alkyl halides is 9. The van der Waals surface area contributed by atoms with Crippen LogP contribution in [0.5, 0.6) is 0 Å². The van der Waals surface area contributed by atoms with E-state index in [0.717, 1.165) is 54.1 Å². The molecule has 5 rings (SSSR count). The largest absolute Gasteiger partial charge is 0.490 e. The second-order valence-corrected chi connectivity index (χ2v) is 9.62.